The first-order valence-electron chi connectivity index (χ1n) is 10.3. The van der Waals surface area contributed by atoms with Crippen LogP contribution >= 0.6 is 0 Å². The fourth-order valence-corrected chi connectivity index (χ4v) is 3.74. The Morgan fingerprint density at radius 3 is 2.84 bits per heavy atom. The van der Waals surface area contributed by atoms with Crippen molar-refractivity contribution >= 4 is 16.9 Å². The average molecular weight is 418 g/mol. The first-order chi connectivity index (χ1) is 15.0. The van der Waals surface area contributed by atoms with Crippen LogP contribution in [-0.2, 0) is 13.5 Å². The molecule has 1 atom stereocenters. The number of methoxy groups -OCH3 is 1. The second-order valence-corrected chi connectivity index (χ2v) is 7.69. The predicted molar refractivity (Wildman–Crippen MR) is 119 cm³/mol. The molecule has 7 nitrogen and oxygen atoms in total. The van der Waals surface area contributed by atoms with Gasteiger partial charge in [0.05, 0.1) is 35.7 Å². The lowest BCUT2D eigenvalue weighted by molar-refractivity contribution is 0.0939. The Balaban J connectivity index is 1.67. The number of furan rings is 1. The summed E-state index contributed by atoms with van der Waals surface area (Å²) in [5, 5.41) is 8.37. The number of benzene rings is 1. The molecule has 1 aromatic carbocycles. The summed E-state index contributed by atoms with van der Waals surface area (Å²) in [4.78, 5) is 18.1. The molecule has 0 unspecified atom stereocenters. The molecule has 31 heavy (non-hydrogen) atoms. The molecule has 0 spiro atoms. The van der Waals surface area contributed by atoms with Crippen molar-refractivity contribution in [3.63, 3.8) is 0 Å². The van der Waals surface area contributed by atoms with Gasteiger partial charge >= 0.3 is 0 Å². The van der Waals surface area contributed by atoms with Crippen molar-refractivity contribution in [2.24, 2.45) is 7.05 Å². The summed E-state index contributed by atoms with van der Waals surface area (Å²) in [6.07, 6.45) is 3.21. The van der Waals surface area contributed by atoms with E-state index in [0.717, 1.165) is 41.0 Å². The number of ether oxygens (including phenoxy) is 1. The average Bonchev–Trinajstić information content (AvgIpc) is 3.39. The molecule has 0 aliphatic rings. The number of carbonyl (C=O) groups excluding carboxylic acids is 1. The minimum atomic E-state index is -0.139. The molecule has 3 aromatic heterocycles. The molecule has 0 saturated heterocycles. The molecule has 4 aromatic rings. The van der Waals surface area contributed by atoms with E-state index in [4.69, 9.17) is 14.1 Å². The van der Waals surface area contributed by atoms with Crippen LogP contribution in [-0.4, -0.2) is 33.8 Å². The summed E-state index contributed by atoms with van der Waals surface area (Å²) in [5.41, 5.74) is 3.59. The van der Waals surface area contributed by atoms with E-state index < -0.39 is 0 Å². The number of carbonyl (C=O) groups is 1. The van der Waals surface area contributed by atoms with Gasteiger partial charge in [0, 0.05) is 25.1 Å². The number of pyridine rings is 1. The molecule has 0 bridgehead atoms. The number of amides is 1. The third kappa shape index (κ3) is 4.30. The Bertz CT molecular complexity index is 1210. The van der Waals surface area contributed by atoms with Gasteiger partial charge in [-0.3, -0.25) is 9.48 Å². The van der Waals surface area contributed by atoms with Gasteiger partial charge in [-0.25, -0.2) is 4.98 Å². The lowest BCUT2D eigenvalue weighted by Crippen LogP contribution is -2.33. The van der Waals surface area contributed by atoms with Crippen LogP contribution in [0.25, 0.3) is 22.3 Å². The van der Waals surface area contributed by atoms with E-state index >= 15 is 0 Å². The molecule has 0 saturated carbocycles. The van der Waals surface area contributed by atoms with Crippen LogP contribution in [0, 0.1) is 6.92 Å². The Labute approximate surface area is 181 Å². The summed E-state index contributed by atoms with van der Waals surface area (Å²) >= 11 is 0. The number of aryl methyl sites for hydroxylation is 3. The molecule has 0 aliphatic heterocycles. The number of rotatable bonds is 7. The Hall–Kier alpha value is -3.61. The SMILES string of the molecule is COc1cccc(-c2cc(C(=O)N[C@@H](C)CCc3ccco3)c3c(C)nn(C)c3n2)c1. The summed E-state index contributed by atoms with van der Waals surface area (Å²) in [6, 6.07) is 13.3. The molecule has 0 radical (unpaired) electrons. The fraction of sp³-hybridized carbons (Fsp3) is 0.292. The second kappa shape index (κ2) is 8.63. The predicted octanol–water partition coefficient (Wildman–Crippen LogP) is 4.30. The van der Waals surface area contributed by atoms with E-state index in [1.54, 1.807) is 18.1 Å². The minimum Gasteiger partial charge on any atom is -0.497 e. The van der Waals surface area contributed by atoms with Crippen molar-refractivity contribution in [2.75, 3.05) is 7.11 Å². The summed E-state index contributed by atoms with van der Waals surface area (Å²) in [6.45, 7) is 3.89. The van der Waals surface area contributed by atoms with E-state index in [1.165, 1.54) is 0 Å². The van der Waals surface area contributed by atoms with E-state index in [-0.39, 0.29) is 11.9 Å². The lowest BCUT2D eigenvalue weighted by atomic mass is 10.0. The summed E-state index contributed by atoms with van der Waals surface area (Å²) < 4.78 is 12.5. The van der Waals surface area contributed by atoms with Crippen molar-refractivity contribution in [2.45, 2.75) is 32.7 Å². The van der Waals surface area contributed by atoms with Gasteiger partial charge in [0.15, 0.2) is 5.65 Å². The van der Waals surface area contributed by atoms with E-state index in [0.29, 0.717) is 16.9 Å². The highest BCUT2D eigenvalue weighted by atomic mass is 16.5. The zero-order chi connectivity index (χ0) is 22.0. The van der Waals surface area contributed by atoms with Crippen molar-refractivity contribution in [1.29, 1.82) is 0 Å². The van der Waals surface area contributed by atoms with Gasteiger partial charge in [-0.15, -0.1) is 0 Å². The van der Waals surface area contributed by atoms with Gasteiger partial charge in [0.2, 0.25) is 0 Å². The lowest BCUT2D eigenvalue weighted by Gasteiger charge is -2.15. The number of fused-ring (bicyclic) bond motifs is 1. The number of aromatic nitrogens is 3. The van der Waals surface area contributed by atoms with Gasteiger partial charge in [-0.05, 0) is 50.6 Å². The molecule has 160 valence electrons. The molecule has 7 heteroatoms. The molecule has 0 aliphatic carbocycles. The number of hydrogen-bond donors (Lipinski definition) is 1. The van der Waals surface area contributed by atoms with Crippen molar-refractivity contribution in [3.8, 4) is 17.0 Å². The third-order valence-corrected chi connectivity index (χ3v) is 5.36. The van der Waals surface area contributed by atoms with Crippen LogP contribution in [0.5, 0.6) is 5.75 Å². The van der Waals surface area contributed by atoms with Crippen molar-refractivity contribution in [1.82, 2.24) is 20.1 Å². The quantitative estimate of drug-likeness (QED) is 0.484. The van der Waals surface area contributed by atoms with Crippen LogP contribution in [0.15, 0.2) is 53.1 Å². The first kappa shape index (κ1) is 20.7. The maximum atomic E-state index is 13.3. The van der Waals surface area contributed by atoms with E-state index in [2.05, 4.69) is 10.4 Å². The first-order valence-corrected chi connectivity index (χ1v) is 10.3. The highest BCUT2D eigenvalue weighted by Crippen LogP contribution is 2.28. The van der Waals surface area contributed by atoms with Gasteiger partial charge in [0.25, 0.3) is 5.91 Å². The van der Waals surface area contributed by atoms with E-state index in [1.807, 2.05) is 63.4 Å². The van der Waals surface area contributed by atoms with Crippen LogP contribution in [0.3, 0.4) is 0 Å². The number of nitrogens with zero attached hydrogens (tertiary/aromatic N) is 3. The molecule has 3 heterocycles. The molecule has 1 N–H and O–H groups in total. The maximum absolute atomic E-state index is 13.3. The van der Waals surface area contributed by atoms with Gasteiger partial charge < -0.3 is 14.5 Å². The topological polar surface area (TPSA) is 82.2 Å². The van der Waals surface area contributed by atoms with Crippen LogP contribution < -0.4 is 10.1 Å². The van der Waals surface area contributed by atoms with Crippen LogP contribution in [0.1, 0.15) is 35.2 Å². The monoisotopic (exact) mass is 418 g/mol. The molecule has 0 fully saturated rings. The number of nitrogens with one attached hydrogen (secondary N) is 1. The minimum absolute atomic E-state index is 0.0157. The van der Waals surface area contributed by atoms with Crippen LogP contribution in [0.2, 0.25) is 0 Å². The van der Waals surface area contributed by atoms with Crippen molar-refractivity contribution < 1.29 is 13.9 Å². The largest absolute Gasteiger partial charge is 0.497 e. The molecular weight excluding hydrogens is 392 g/mol. The summed E-state index contributed by atoms with van der Waals surface area (Å²) in [7, 11) is 3.47. The maximum Gasteiger partial charge on any atom is 0.252 e. The third-order valence-electron chi connectivity index (χ3n) is 5.36. The number of hydrogen-bond acceptors (Lipinski definition) is 5. The molecule has 4 rings (SSSR count). The molecule has 1 amide bonds. The second-order valence-electron chi connectivity index (χ2n) is 7.69. The van der Waals surface area contributed by atoms with Crippen LogP contribution in [0.4, 0.5) is 0 Å². The van der Waals surface area contributed by atoms with Gasteiger partial charge in [-0.1, -0.05) is 12.1 Å². The standard InChI is InChI=1S/C24H26N4O3/c1-15(10-11-18-9-6-12-31-18)25-24(29)20-14-21(17-7-5-8-19(13-17)30-4)26-23-22(20)16(2)27-28(23)3/h5-9,12-15H,10-11H2,1-4H3,(H,25,29)/t15-/m0/s1. The zero-order valence-electron chi connectivity index (χ0n) is 18.2. The highest BCUT2D eigenvalue weighted by Gasteiger charge is 2.20. The van der Waals surface area contributed by atoms with Crippen molar-refractivity contribution in [3.05, 3.63) is 65.7 Å². The normalized spacial score (nSPS) is 12.1. The van der Waals surface area contributed by atoms with E-state index in [9.17, 15) is 4.79 Å². The Morgan fingerprint density at radius 1 is 1.26 bits per heavy atom. The Kier molecular flexibility index (Phi) is 5.75. The Morgan fingerprint density at radius 2 is 2.10 bits per heavy atom. The van der Waals surface area contributed by atoms with Gasteiger partial charge in [-0.2, -0.15) is 5.10 Å². The zero-order valence-corrected chi connectivity index (χ0v) is 18.2. The highest BCUT2D eigenvalue weighted by molar-refractivity contribution is 6.07. The molecular formula is C24H26N4O3. The summed E-state index contributed by atoms with van der Waals surface area (Å²) in [5.74, 6) is 1.51. The van der Waals surface area contributed by atoms with Gasteiger partial charge in [0.1, 0.15) is 11.5 Å². The fourth-order valence-electron chi connectivity index (χ4n) is 3.74. The smallest absolute Gasteiger partial charge is 0.252 e.